The van der Waals surface area contributed by atoms with Gasteiger partial charge in [0.25, 0.3) is 5.91 Å². The summed E-state index contributed by atoms with van der Waals surface area (Å²) in [6.07, 6.45) is 2.77. The lowest BCUT2D eigenvalue weighted by atomic mass is 10.0. The van der Waals surface area contributed by atoms with Crippen molar-refractivity contribution in [2.45, 2.75) is 32.4 Å². The number of benzene rings is 1. The van der Waals surface area contributed by atoms with Gasteiger partial charge in [0.05, 0.1) is 18.4 Å². The topological polar surface area (TPSA) is 117 Å². The largest absolute Gasteiger partial charge is 0.465 e. The minimum Gasteiger partial charge on any atom is -0.465 e. The number of ether oxygens (including phenoxy) is 1. The van der Waals surface area contributed by atoms with Crippen molar-refractivity contribution in [3.63, 3.8) is 0 Å². The summed E-state index contributed by atoms with van der Waals surface area (Å²) in [6.45, 7) is 7.33. The monoisotopic (exact) mass is 433 g/mol. The van der Waals surface area contributed by atoms with E-state index in [0.717, 1.165) is 6.42 Å². The van der Waals surface area contributed by atoms with Crippen LogP contribution in [0.1, 0.15) is 51.0 Å². The zero-order chi connectivity index (χ0) is 22.3. The molecule has 2 rings (SSSR count). The average molecular weight is 434 g/mol. The highest BCUT2D eigenvalue weighted by Gasteiger charge is 2.24. The summed E-state index contributed by atoms with van der Waals surface area (Å²) in [7, 11) is -2.15. The Morgan fingerprint density at radius 2 is 1.90 bits per heavy atom. The van der Waals surface area contributed by atoms with Crippen LogP contribution in [0.5, 0.6) is 0 Å². The molecule has 1 aromatic heterocycles. The predicted octanol–water partition coefficient (Wildman–Crippen LogP) is 2.92. The fraction of sp³-hybridized carbons (Fsp3) is 0.333. The van der Waals surface area contributed by atoms with Crippen LogP contribution < -0.4 is 10.0 Å². The molecule has 162 valence electrons. The first-order valence-electron chi connectivity index (χ1n) is 9.50. The van der Waals surface area contributed by atoms with E-state index in [9.17, 15) is 18.0 Å². The second kappa shape index (κ2) is 10.2. The Morgan fingerprint density at radius 3 is 2.47 bits per heavy atom. The van der Waals surface area contributed by atoms with E-state index in [1.807, 2.05) is 6.92 Å². The Labute approximate surface area is 176 Å². The molecule has 0 aliphatic rings. The number of hydrogen-bond acceptors (Lipinski definition) is 5. The van der Waals surface area contributed by atoms with E-state index < -0.39 is 16.0 Å². The highest BCUT2D eigenvalue weighted by molar-refractivity contribution is 7.88. The molecule has 1 aromatic carbocycles. The second-order valence-electron chi connectivity index (χ2n) is 6.77. The van der Waals surface area contributed by atoms with Gasteiger partial charge >= 0.3 is 5.97 Å². The molecule has 8 nitrogen and oxygen atoms in total. The number of hydrogen-bond donors (Lipinski definition) is 3. The van der Waals surface area contributed by atoms with Crippen LogP contribution in [0.3, 0.4) is 0 Å². The fourth-order valence-electron chi connectivity index (χ4n) is 3.08. The smallest absolute Gasteiger partial charge is 0.339 e. The van der Waals surface area contributed by atoms with Crippen molar-refractivity contribution in [2.75, 3.05) is 19.0 Å². The van der Waals surface area contributed by atoms with Crippen molar-refractivity contribution in [2.24, 2.45) is 0 Å². The zero-order valence-electron chi connectivity index (χ0n) is 17.4. The van der Waals surface area contributed by atoms with Gasteiger partial charge in [-0.1, -0.05) is 31.6 Å². The molecule has 0 atom stereocenters. The number of aromatic nitrogens is 1. The molecule has 0 unspecified atom stereocenters. The first-order valence-corrected chi connectivity index (χ1v) is 11.2. The van der Waals surface area contributed by atoms with Gasteiger partial charge in [-0.3, -0.25) is 4.79 Å². The molecule has 0 saturated carbocycles. The van der Waals surface area contributed by atoms with Gasteiger partial charge in [-0.25, -0.2) is 17.9 Å². The molecule has 0 bridgehead atoms. The highest BCUT2D eigenvalue weighted by atomic mass is 32.2. The number of carbonyl (C=O) groups is 2. The number of esters is 1. The summed E-state index contributed by atoms with van der Waals surface area (Å²) < 4.78 is 31.1. The van der Waals surface area contributed by atoms with Gasteiger partial charge in [-0.05, 0) is 36.6 Å². The van der Waals surface area contributed by atoms with Gasteiger partial charge < -0.3 is 15.0 Å². The summed E-state index contributed by atoms with van der Waals surface area (Å²) in [5.74, 6) is -1.04. The Morgan fingerprint density at radius 1 is 1.23 bits per heavy atom. The number of carbonyl (C=O) groups excluding carboxylic acids is 2. The van der Waals surface area contributed by atoms with Crippen LogP contribution in [-0.4, -0.2) is 38.9 Å². The Balaban J connectivity index is 2.18. The summed E-state index contributed by atoms with van der Waals surface area (Å²) in [6, 6.07) is 6.53. The molecule has 0 radical (unpaired) electrons. The molecule has 0 saturated heterocycles. The van der Waals surface area contributed by atoms with Gasteiger partial charge in [0.2, 0.25) is 10.0 Å². The predicted molar refractivity (Wildman–Crippen MR) is 116 cm³/mol. The normalized spacial score (nSPS) is 11.2. The van der Waals surface area contributed by atoms with E-state index >= 15 is 0 Å². The van der Waals surface area contributed by atoms with Crippen molar-refractivity contribution < 1.29 is 22.7 Å². The third-order valence-electron chi connectivity index (χ3n) is 4.42. The molecular formula is C21H27N3O5S. The summed E-state index contributed by atoms with van der Waals surface area (Å²) in [5.41, 5.74) is 2.99. The lowest BCUT2D eigenvalue weighted by Crippen LogP contribution is -2.25. The maximum absolute atomic E-state index is 12.8. The molecule has 0 fully saturated rings. The third kappa shape index (κ3) is 5.80. The quantitative estimate of drug-likeness (QED) is 0.393. The van der Waals surface area contributed by atoms with E-state index in [2.05, 4.69) is 21.6 Å². The number of amides is 1. The van der Waals surface area contributed by atoms with E-state index in [0.29, 0.717) is 40.2 Å². The standard InChI is InChI=1S/C21H27N3O5S/c1-5-7-17-18(21(26)29-4)14(3)23-19(17)20(25)24-16-10-8-15(9-11-16)13-30(27,28)22-12-6-2/h6,8-11,22-23H,2,5,7,12-13H2,1,3-4H3,(H,24,25). The van der Waals surface area contributed by atoms with Crippen molar-refractivity contribution in [3.05, 3.63) is 65.0 Å². The fourth-order valence-corrected chi connectivity index (χ4v) is 4.19. The number of H-pyrrole nitrogens is 1. The third-order valence-corrected chi connectivity index (χ3v) is 5.74. The molecule has 1 heterocycles. The lowest BCUT2D eigenvalue weighted by molar-refractivity contribution is 0.0599. The van der Waals surface area contributed by atoms with Crippen LogP contribution in [0.25, 0.3) is 0 Å². The zero-order valence-corrected chi connectivity index (χ0v) is 18.2. The number of nitrogens with one attached hydrogen (secondary N) is 3. The number of rotatable bonds is 10. The van der Waals surface area contributed by atoms with Crippen molar-refractivity contribution in [1.82, 2.24) is 9.71 Å². The van der Waals surface area contributed by atoms with Gasteiger partial charge in [-0.2, -0.15) is 0 Å². The minimum atomic E-state index is -3.46. The Bertz CT molecular complexity index is 1020. The number of aromatic amines is 1. The first kappa shape index (κ1) is 23.4. The molecule has 9 heteroatoms. The first-order chi connectivity index (χ1) is 14.2. The van der Waals surface area contributed by atoms with Crippen molar-refractivity contribution in [1.29, 1.82) is 0 Å². The van der Waals surface area contributed by atoms with Crippen LogP contribution in [0.4, 0.5) is 5.69 Å². The van der Waals surface area contributed by atoms with Gasteiger partial charge in [0.15, 0.2) is 0 Å². The maximum atomic E-state index is 12.8. The molecule has 0 spiro atoms. The SMILES string of the molecule is C=CCNS(=O)(=O)Cc1ccc(NC(=O)c2[nH]c(C)c(C(=O)OC)c2CCC)cc1. The summed E-state index contributed by atoms with van der Waals surface area (Å²) in [5, 5.41) is 2.78. The lowest BCUT2D eigenvalue weighted by Gasteiger charge is -2.09. The number of methoxy groups -OCH3 is 1. The van der Waals surface area contributed by atoms with Gasteiger partial charge in [-0.15, -0.1) is 6.58 Å². The van der Waals surface area contributed by atoms with Gasteiger partial charge in [0.1, 0.15) is 5.69 Å². The van der Waals surface area contributed by atoms with Crippen molar-refractivity contribution >= 4 is 27.6 Å². The van der Waals surface area contributed by atoms with Crippen molar-refractivity contribution in [3.8, 4) is 0 Å². The van der Waals surface area contributed by atoms with E-state index in [1.54, 1.807) is 31.2 Å². The molecule has 1 amide bonds. The molecule has 2 aromatic rings. The number of aryl methyl sites for hydroxylation is 1. The van der Waals surface area contributed by atoms with Crippen LogP contribution in [0.2, 0.25) is 0 Å². The number of sulfonamides is 1. The Kier molecular flexibility index (Phi) is 7.96. The van der Waals surface area contributed by atoms with Crippen LogP contribution in [-0.2, 0) is 26.9 Å². The average Bonchev–Trinajstić information content (AvgIpc) is 3.03. The van der Waals surface area contributed by atoms with Crippen LogP contribution >= 0.6 is 0 Å². The molecule has 3 N–H and O–H groups in total. The highest BCUT2D eigenvalue weighted by Crippen LogP contribution is 2.23. The molecule has 0 aliphatic carbocycles. The molecular weight excluding hydrogens is 406 g/mol. The van der Waals surface area contributed by atoms with Gasteiger partial charge in [0, 0.05) is 17.9 Å². The van der Waals surface area contributed by atoms with E-state index in [1.165, 1.54) is 13.2 Å². The van der Waals surface area contributed by atoms with Crippen LogP contribution in [0.15, 0.2) is 36.9 Å². The van der Waals surface area contributed by atoms with E-state index in [4.69, 9.17) is 4.74 Å². The molecule has 0 aliphatic heterocycles. The Hall–Kier alpha value is -2.91. The number of anilines is 1. The summed E-state index contributed by atoms with van der Waals surface area (Å²) >= 11 is 0. The minimum absolute atomic E-state index is 0.166. The summed E-state index contributed by atoms with van der Waals surface area (Å²) in [4.78, 5) is 27.9. The second-order valence-corrected chi connectivity index (χ2v) is 8.57. The molecule has 30 heavy (non-hydrogen) atoms. The maximum Gasteiger partial charge on any atom is 0.339 e. The van der Waals surface area contributed by atoms with Crippen LogP contribution in [0, 0.1) is 6.92 Å². The van der Waals surface area contributed by atoms with E-state index in [-0.39, 0.29) is 18.2 Å².